The van der Waals surface area contributed by atoms with Crippen molar-refractivity contribution < 1.29 is 0 Å². The third-order valence-corrected chi connectivity index (χ3v) is 5.27. The van der Waals surface area contributed by atoms with Crippen LogP contribution in [0.15, 0.2) is 18.2 Å². The zero-order chi connectivity index (χ0) is 13.2. The van der Waals surface area contributed by atoms with Gasteiger partial charge in [-0.3, -0.25) is 0 Å². The van der Waals surface area contributed by atoms with E-state index in [1.54, 1.807) is 0 Å². The Morgan fingerprint density at radius 3 is 2.94 bits per heavy atom. The molecule has 0 spiro atoms. The summed E-state index contributed by atoms with van der Waals surface area (Å²) in [6.07, 6.45) is 2.58. The Balaban J connectivity index is 2.02. The molecule has 1 heterocycles. The molecule has 1 aliphatic heterocycles. The van der Waals surface area contributed by atoms with Gasteiger partial charge < -0.3 is 11.1 Å². The molecule has 98 valence electrons. The van der Waals surface area contributed by atoms with E-state index >= 15 is 0 Å². The lowest BCUT2D eigenvalue weighted by atomic mass is 10.1. The number of thiocarbonyl (C=S) groups is 1. The van der Waals surface area contributed by atoms with E-state index in [0.29, 0.717) is 14.8 Å². The number of nitrogens with one attached hydrogen (secondary N) is 1. The SMILES string of the molecule is CC1(CNc2ccc(C(N)=S)c(Cl)c2)CCCS1. The molecule has 0 radical (unpaired) electrons. The first-order chi connectivity index (χ1) is 8.50. The second-order valence-corrected chi connectivity index (χ2v) is 7.34. The summed E-state index contributed by atoms with van der Waals surface area (Å²) in [7, 11) is 0. The summed E-state index contributed by atoms with van der Waals surface area (Å²) in [4.78, 5) is 0.338. The van der Waals surface area contributed by atoms with Crippen LogP contribution in [0.3, 0.4) is 0 Å². The van der Waals surface area contributed by atoms with Gasteiger partial charge in [0.15, 0.2) is 0 Å². The Morgan fingerprint density at radius 2 is 2.39 bits per heavy atom. The fourth-order valence-electron chi connectivity index (χ4n) is 2.09. The van der Waals surface area contributed by atoms with Gasteiger partial charge in [-0.2, -0.15) is 11.8 Å². The van der Waals surface area contributed by atoms with Gasteiger partial charge in [-0.1, -0.05) is 23.8 Å². The van der Waals surface area contributed by atoms with E-state index in [2.05, 4.69) is 12.2 Å². The van der Waals surface area contributed by atoms with Crippen molar-refractivity contribution >= 4 is 46.3 Å². The molecule has 3 N–H and O–H groups in total. The lowest BCUT2D eigenvalue weighted by Gasteiger charge is -2.23. The van der Waals surface area contributed by atoms with Crippen molar-refractivity contribution in [3.8, 4) is 0 Å². The second kappa shape index (κ2) is 5.68. The molecular formula is C13H17ClN2S2. The molecule has 1 aromatic rings. The predicted octanol–water partition coefficient (Wildman–Crippen LogP) is 3.67. The first kappa shape index (κ1) is 14.0. The summed E-state index contributed by atoms with van der Waals surface area (Å²) in [6.45, 7) is 3.27. The van der Waals surface area contributed by atoms with Gasteiger partial charge in [0.05, 0.1) is 5.02 Å². The standard InChI is InChI=1S/C13H17ClN2S2/c1-13(5-2-6-18-13)8-16-9-3-4-10(12(15)17)11(14)7-9/h3-4,7,16H,2,5-6,8H2,1H3,(H2,15,17). The van der Waals surface area contributed by atoms with Gasteiger partial charge in [0.25, 0.3) is 0 Å². The molecule has 0 amide bonds. The smallest absolute Gasteiger partial charge is 0.105 e. The van der Waals surface area contributed by atoms with Crippen molar-refractivity contribution in [3.05, 3.63) is 28.8 Å². The van der Waals surface area contributed by atoms with Gasteiger partial charge in [-0.25, -0.2) is 0 Å². The van der Waals surface area contributed by atoms with Gasteiger partial charge in [-0.05, 0) is 43.7 Å². The van der Waals surface area contributed by atoms with Crippen LogP contribution in [0, 0.1) is 0 Å². The van der Waals surface area contributed by atoms with E-state index in [0.717, 1.165) is 17.8 Å². The van der Waals surface area contributed by atoms with Crippen LogP contribution in [0.5, 0.6) is 0 Å². The van der Waals surface area contributed by atoms with Crippen LogP contribution in [-0.2, 0) is 0 Å². The molecule has 0 saturated carbocycles. The van der Waals surface area contributed by atoms with Crippen LogP contribution in [0.1, 0.15) is 25.3 Å². The topological polar surface area (TPSA) is 38.0 Å². The minimum atomic E-state index is 0.338. The molecular weight excluding hydrogens is 284 g/mol. The molecule has 1 atom stereocenters. The number of anilines is 1. The Labute approximate surface area is 123 Å². The van der Waals surface area contributed by atoms with Crippen LogP contribution in [-0.4, -0.2) is 22.0 Å². The Kier molecular flexibility index (Phi) is 4.41. The third kappa shape index (κ3) is 3.31. The lowest BCUT2D eigenvalue weighted by molar-refractivity contribution is 0.635. The number of rotatable bonds is 4. The molecule has 2 rings (SSSR count). The highest BCUT2D eigenvalue weighted by Crippen LogP contribution is 2.37. The van der Waals surface area contributed by atoms with Gasteiger partial charge in [0, 0.05) is 22.5 Å². The van der Waals surface area contributed by atoms with Crippen LogP contribution < -0.4 is 11.1 Å². The zero-order valence-electron chi connectivity index (χ0n) is 10.3. The van der Waals surface area contributed by atoms with Crippen molar-refractivity contribution in [2.24, 2.45) is 5.73 Å². The molecule has 1 fully saturated rings. The van der Waals surface area contributed by atoms with E-state index < -0.39 is 0 Å². The molecule has 1 saturated heterocycles. The maximum atomic E-state index is 6.14. The van der Waals surface area contributed by atoms with Crippen LogP contribution in [0.25, 0.3) is 0 Å². The second-order valence-electron chi connectivity index (χ2n) is 4.81. The number of thioether (sulfide) groups is 1. The van der Waals surface area contributed by atoms with E-state index in [1.807, 2.05) is 30.0 Å². The molecule has 1 unspecified atom stereocenters. The van der Waals surface area contributed by atoms with Crippen molar-refractivity contribution in [1.29, 1.82) is 0 Å². The maximum absolute atomic E-state index is 6.14. The third-order valence-electron chi connectivity index (χ3n) is 3.20. The lowest BCUT2D eigenvalue weighted by Crippen LogP contribution is -2.27. The summed E-state index contributed by atoms with van der Waals surface area (Å²) in [5.41, 5.74) is 7.34. The normalized spacial score (nSPS) is 23.0. The summed E-state index contributed by atoms with van der Waals surface area (Å²) in [5.74, 6) is 1.26. The van der Waals surface area contributed by atoms with E-state index in [9.17, 15) is 0 Å². The highest BCUT2D eigenvalue weighted by atomic mass is 35.5. The highest BCUT2D eigenvalue weighted by molar-refractivity contribution is 8.00. The fraction of sp³-hybridized carbons (Fsp3) is 0.462. The molecule has 0 aliphatic carbocycles. The van der Waals surface area contributed by atoms with Crippen molar-refractivity contribution in [2.45, 2.75) is 24.5 Å². The minimum Gasteiger partial charge on any atom is -0.389 e. The fourth-order valence-corrected chi connectivity index (χ4v) is 3.85. The summed E-state index contributed by atoms with van der Waals surface area (Å²) >= 11 is 13.1. The maximum Gasteiger partial charge on any atom is 0.105 e. The first-order valence-electron chi connectivity index (χ1n) is 5.97. The van der Waals surface area contributed by atoms with Crippen LogP contribution in [0.4, 0.5) is 5.69 Å². The molecule has 1 aromatic carbocycles. The Bertz CT molecular complexity index is 456. The van der Waals surface area contributed by atoms with Crippen molar-refractivity contribution in [1.82, 2.24) is 0 Å². The molecule has 0 aromatic heterocycles. The van der Waals surface area contributed by atoms with Crippen molar-refractivity contribution in [3.63, 3.8) is 0 Å². The van der Waals surface area contributed by atoms with E-state index in [4.69, 9.17) is 29.6 Å². The number of benzene rings is 1. The Morgan fingerprint density at radius 1 is 1.61 bits per heavy atom. The monoisotopic (exact) mass is 300 g/mol. The Hall–Kier alpha value is -0.450. The van der Waals surface area contributed by atoms with Crippen LogP contribution in [0.2, 0.25) is 5.02 Å². The van der Waals surface area contributed by atoms with Gasteiger partial charge in [0.2, 0.25) is 0 Å². The highest BCUT2D eigenvalue weighted by Gasteiger charge is 2.28. The molecule has 18 heavy (non-hydrogen) atoms. The molecule has 1 aliphatic rings. The summed E-state index contributed by atoms with van der Waals surface area (Å²) in [6, 6.07) is 5.74. The average Bonchev–Trinajstić information content (AvgIpc) is 2.74. The van der Waals surface area contributed by atoms with Gasteiger partial charge >= 0.3 is 0 Å². The summed E-state index contributed by atoms with van der Waals surface area (Å²) < 4.78 is 0.342. The molecule has 0 bridgehead atoms. The number of nitrogens with two attached hydrogens (primary N) is 1. The van der Waals surface area contributed by atoms with Crippen LogP contribution >= 0.6 is 35.6 Å². The van der Waals surface area contributed by atoms with Gasteiger partial charge in [0.1, 0.15) is 4.99 Å². The number of hydrogen-bond acceptors (Lipinski definition) is 3. The largest absolute Gasteiger partial charge is 0.389 e. The quantitative estimate of drug-likeness (QED) is 0.832. The number of halogens is 1. The summed E-state index contributed by atoms with van der Waals surface area (Å²) in [5, 5.41) is 4.05. The molecule has 5 heteroatoms. The number of hydrogen-bond donors (Lipinski definition) is 2. The van der Waals surface area contributed by atoms with Crippen molar-refractivity contribution in [2.75, 3.05) is 17.6 Å². The zero-order valence-corrected chi connectivity index (χ0v) is 12.7. The predicted molar refractivity (Wildman–Crippen MR) is 85.9 cm³/mol. The van der Waals surface area contributed by atoms with E-state index in [1.165, 1.54) is 18.6 Å². The minimum absolute atomic E-state index is 0.338. The van der Waals surface area contributed by atoms with Gasteiger partial charge in [-0.15, -0.1) is 0 Å². The van der Waals surface area contributed by atoms with E-state index in [-0.39, 0.29) is 0 Å². The molecule has 2 nitrogen and oxygen atoms in total. The first-order valence-corrected chi connectivity index (χ1v) is 7.75. The average molecular weight is 301 g/mol.